The van der Waals surface area contributed by atoms with Gasteiger partial charge < -0.3 is 10.1 Å². The second-order valence-electron chi connectivity index (χ2n) is 5.45. The number of hydrogen-bond acceptors (Lipinski definition) is 3. The lowest BCUT2D eigenvalue weighted by Gasteiger charge is -2.30. The molecule has 1 aliphatic rings. The maximum Gasteiger partial charge on any atom is 0.237 e. The van der Waals surface area contributed by atoms with Crippen molar-refractivity contribution in [2.45, 2.75) is 46.6 Å². The van der Waals surface area contributed by atoms with E-state index >= 15 is 0 Å². The summed E-state index contributed by atoms with van der Waals surface area (Å²) in [5.74, 6) is 1.76. The molecule has 1 aliphatic heterocycles. The first-order valence-corrected chi connectivity index (χ1v) is 6.40. The highest BCUT2D eigenvalue weighted by atomic mass is 16.5. The highest BCUT2D eigenvalue weighted by Gasteiger charge is 2.25. The van der Waals surface area contributed by atoms with E-state index in [2.05, 4.69) is 44.9 Å². The van der Waals surface area contributed by atoms with Crippen LogP contribution in [0, 0.1) is 12.8 Å². The molecule has 2 heterocycles. The first-order chi connectivity index (χ1) is 8.00. The van der Waals surface area contributed by atoms with Crippen LogP contribution in [0.3, 0.4) is 0 Å². The van der Waals surface area contributed by atoms with Gasteiger partial charge in [-0.25, -0.2) is 4.98 Å². The lowest BCUT2D eigenvalue weighted by molar-refractivity contribution is 0.149. The van der Waals surface area contributed by atoms with Crippen LogP contribution in [-0.4, -0.2) is 17.6 Å². The Labute approximate surface area is 104 Å². The predicted octanol–water partition coefficient (Wildman–Crippen LogP) is 3.34. The van der Waals surface area contributed by atoms with E-state index in [-0.39, 0.29) is 6.10 Å². The van der Waals surface area contributed by atoms with Crippen LogP contribution in [0.1, 0.15) is 44.7 Å². The van der Waals surface area contributed by atoms with Crippen molar-refractivity contribution in [3.8, 4) is 5.88 Å². The molecule has 1 unspecified atom stereocenters. The SMILES string of the molecule is Cc1c(C(C)C)cnc2c1NCC(C(C)C)O2. The Balaban J connectivity index is 2.34. The topological polar surface area (TPSA) is 34.2 Å². The summed E-state index contributed by atoms with van der Waals surface area (Å²) in [5, 5.41) is 3.47. The normalized spacial score (nSPS) is 18.9. The highest BCUT2D eigenvalue weighted by molar-refractivity contribution is 5.62. The molecule has 0 aliphatic carbocycles. The zero-order valence-corrected chi connectivity index (χ0v) is 11.4. The fourth-order valence-corrected chi connectivity index (χ4v) is 2.23. The van der Waals surface area contributed by atoms with E-state index in [1.165, 1.54) is 11.1 Å². The Hall–Kier alpha value is -1.25. The molecule has 0 saturated carbocycles. The molecule has 1 aromatic rings. The standard InChI is InChI=1S/C14H22N2O/c1-8(2)11-6-16-14-13(10(11)5)15-7-12(17-14)9(3)4/h6,8-9,12,15H,7H2,1-5H3. The summed E-state index contributed by atoms with van der Waals surface area (Å²) >= 11 is 0. The van der Waals surface area contributed by atoms with Crippen LogP contribution in [0.15, 0.2) is 6.20 Å². The van der Waals surface area contributed by atoms with E-state index in [4.69, 9.17) is 4.74 Å². The van der Waals surface area contributed by atoms with E-state index in [9.17, 15) is 0 Å². The minimum absolute atomic E-state index is 0.222. The number of aromatic nitrogens is 1. The number of pyridine rings is 1. The van der Waals surface area contributed by atoms with Crippen LogP contribution in [0.4, 0.5) is 5.69 Å². The Morgan fingerprint density at radius 1 is 1.35 bits per heavy atom. The number of fused-ring (bicyclic) bond motifs is 1. The quantitative estimate of drug-likeness (QED) is 0.852. The summed E-state index contributed by atoms with van der Waals surface area (Å²) < 4.78 is 5.94. The van der Waals surface area contributed by atoms with Crippen molar-refractivity contribution >= 4 is 5.69 Å². The summed E-state index contributed by atoms with van der Waals surface area (Å²) in [6.45, 7) is 11.7. The second kappa shape index (κ2) is 4.55. The third-order valence-corrected chi connectivity index (χ3v) is 3.45. The Morgan fingerprint density at radius 2 is 2.06 bits per heavy atom. The Bertz CT molecular complexity index is 413. The molecule has 0 fully saturated rings. The van der Waals surface area contributed by atoms with Gasteiger partial charge in [-0.05, 0) is 29.9 Å². The Morgan fingerprint density at radius 3 is 2.65 bits per heavy atom. The summed E-state index contributed by atoms with van der Waals surface area (Å²) in [6, 6.07) is 0. The highest BCUT2D eigenvalue weighted by Crippen LogP contribution is 2.35. The fourth-order valence-electron chi connectivity index (χ4n) is 2.23. The van der Waals surface area contributed by atoms with Gasteiger partial charge in [0.2, 0.25) is 5.88 Å². The number of nitrogens with zero attached hydrogens (tertiary/aromatic N) is 1. The molecule has 0 saturated heterocycles. The van der Waals surface area contributed by atoms with Crippen LogP contribution in [0.2, 0.25) is 0 Å². The van der Waals surface area contributed by atoms with Crippen molar-refractivity contribution in [3.05, 3.63) is 17.3 Å². The molecule has 3 heteroatoms. The maximum absolute atomic E-state index is 5.94. The maximum atomic E-state index is 5.94. The van der Waals surface area contributed by atoms with Crippen molar-refractivity contribution in [3.63, 3.8) is 0 Å². The van der Waals surface area contributed by atoms with E-state index in [0.29, 0.717) is 11.8 Å². The summed E-state index contributed by atoms with van der Waals surface area (Å²) in [4.78, 5) is 4.45. The molecule has 1 aromatic heterocycles. The van der Waals surface area contributed by atoms with Gasteiger partial charge in [-0.3, -0.25) is 0 Å². The molecule has 0 amide bonds. The van der Waals surface area contributed by atoms with Gasteiger partial charge >= 0.3 is 0 Å². The molecule has 17 heavy (non-hydrogen) atoms. The summed E-state index contributed by atoms with van der Waals surface area (Å²) in [6.07, 6.45) is 2.17. The second-order valence-corrected chi connectivity index (χ2v) is 5.45. The van der Waals surface area contributed by atoms with Crippen LogP contribution >= 0.6 is 0 Å². The molecule has 1 atom stereocenters. The van der Waals surface area contributed by atoms with Gasteiger partial charge in [-0.1, -0.05) is 27.7 Å². The number of rotatable bonds is 2. The molecular formula is C14H22N2O. The minimum atomic E-state index is 0.222. The molecule has 0 aromatic carbocycles. The van der Waals surface area contributed by atoms with Crippen LogP contribution in [0.5, 0.6) is 5.88 Å². The van der Waals surface area contributed by atoms with E-state index in [1.54, 1.807) is 0 Å². The van der Waals surface area contributed by atoms with Gasteiger partial charge in [0.15, 0.2) is 0 Å². The molecular weight excluding hydrogens is 212 g/mol. The number of ether oxygens (including phenoxy) is 1. The van der Waals surface area contributed by atoms with Crippen molar-refractivity contribution in [2.24, 2.45) is 5.92 Å². The van der Waals surface area contributed by atoms with Crippen LogP contribution < -0.4 is 10.1 Å². The van der Waals surface area contributed by atoms with Gasteiger partial charge in [0.05, 0.1) is 6.54 Å². The molecule has 94 valence electrons. The average molecular weight is 234 g/mol. The Kier molecular flexibility index (Phi) is 3.27. The molecule has 0 bridgehead atoms. The monoisotopic (exact) mass is 234 g/mol. The van der Waals surface area contributed by atoms with E-state index in [0.717, 1.165) is 18.1 Å². The van der Waals surface area contributed by atoms with E-state index in [1.807, 2.05) is 6.20 Å². The number of nitrogens with one attached hydrogen (secondary N) is 1. The van der Waals surface area contributed by atoms with Gasteiger partial charge in [0.25, 0.3) is 0 Å². The third-order valence-electron chi connectivity index (χ3n) is 3.45. The molecule has 1 N–H and O–H groups in total. The van der Waals surface area contributed by atoms with Gasteiger partial charge in [0.1, 0.15) is 11.8 Å². The molecule has 3 nitrogen and oxygen atoms in total. The largest absolute Gasteiger partial charge is 0.471 e. The molecule has 0 spiro atoms. The first-order valence-electron chi connectivity index (χ1n) is 6.40. The lowest BCUT2D eigenvalue weighted by Crippen LogP contribution is -2.35. The zero-order chi connectivity index (χ0) is 12.6. The lowest BCUT2D eigenvalue weighted by atomic mass is 9.98. The van der Waals surface area contributed by atoms with Gasteiger partial charge in [-0.15, -0.1) is 0 Å². The molecule has 2 rings (SSSR count). The summed E-state index contributed by atoms with van der Waals surface area (Å²) in [7, 11) is 0. The third kappa shape index (κ3) is 2.24. The zero-order valence-electron chi connectivity index (χ0n) is 11.4. The number of anilines is 1. The van der Waals surface area contributed by atoms with Gasteiger partial charge in [-0.2, -0.15) is 0 Å². The summed E-state index contributed by atoms with van der Waals surface area (Å²) in [5.41, 5.74) is 3.64. The fraction of sp³-hybridized carbons (Fsp3) is 0.643. The van der Waals surface area contributed by atoms with Crippen molar-refractivity contribution in [1.29, 1.82) is 0 Å². The molecule has 0 radical (unpaired) electrons. The average Bonchev–Trinajstić information content (AvgIpc) is 2.28. The van der Waals surface area contributed by atoms with Gasteiger partial charge in [0, 0.05) is 6.20 Å². The van der Waals surface area contributed by atoms with E-state index < -0.39 is 0 Å². The van der Waals surface area contributed by atoms with Crippen molar-refractivity contribution < 1.29 is 4.74 Å². The number of hydrogen-bond donors (Lipinski definition) is 1. The van der Waals surface area contributed by atoms with Crippen LogP contribution in [0.25, 0.3) is 0 Å². The smallest absolute Gasteiger partial charge is 0.237 e. The van der Waals surface area contributed by atoms with Crippen molar-refractivity contribution in [1.82, 2.24) is 4.98 Å². The first kappa shape index (κ1) is 12.2. The van der Waals surface area contributed by atoms with Crippen LogP contribution in [-0.2, 0) is 0 Å². The predicted molar refractivity (Wildman–Crippen MR) is 70.8 cm³/mol. The van der Waals surface area contributed by atoms with Crippen molar-refractivity contribution in [2.75, 3.05) is 11.9 Å². The minimum Gasteiger partial charge on any atom is -0.471 e.